The second kappa shape index (κ2) is 8.30. The molecule has 0 aliphatic heterocycles. The summed E-state index contributed by atoms with van der Waals surface area (Å²) >= 11 is 0. The summed E-state index contributed by atoms with van der Waals surface area (Å²) in [7, 11) is 1.23. The molecule has 29 heavy (non-hydrogen) atoms. The summed E-state index contributed by atoms with van der Waals surface area (Å²) in [5, 5.41) is 10.3. The molecule has 3 aromatic rings. The Kier molecular flexibility index (Phi) is 5.63. The van der Waals surface area contributed by atoms with Gasteiger partial charge in [-0.1, -0.05) is 12.1 Å². The lowest BCUT2D eigenvalue weighted by atomic mass is 10.2. The maximum atomic E-state index is 12.5. The van der Waals surface area contributed by atoms with E-state index >= 15 is 0 Å². The first-order chi connectivity index (χ1) is 13.9. The zero-order chi connectivity index (χ0) is 21.0. The highest BCUT2D eigenvalue weighted by Crippen LogP contribution is 2.21. The number of hydrogen-bond donors (Lipinski definition) is 3. The molecule has 2 aromatic carbocycles. The molecule has 10 nitrogen and oxygen atoms in total. The Labute approximate surface area is 164 Å². The molecule has 0 spiro atoms. The summed E-state index contributed by atoms with van der Waals surface area (Å²) in [6.07, 6.45) is 0. The standard InChI is InChI=1S/C19H17N5O5/c1-10(25)16(24-23-13-6-4-3-5-12(13)18(27)29-2)17(26)20-11-7-8-14-15(9-11)22-19(28)21-14/h3-9,16H,1-2H3,(H,20,26)(H2,21,22,28)/b24-23+. The fourth-order valence-electron chi connectivity index (χ4n) is 2.60. The molecule has 3 rings (SSSR count). The predicted molar refractivity (Wildman–Crippen MR) is 104 cm³/mol. The third-order valence-electron chi connectivity index (χ3n) is 4.01. The Morgan fingerprint density at radius 2 is 1.79 bits per heavy atom. The summed E-state index contributed by atoms with van der Waals surface area (Å²) < 4.78 is 4.68. The van der Waals surface area contributed by atoms with Crippen LogP contribution in [0.15, 0.2) is 57.5 Å². The van der Waals surface area contributed by atoms with Crippen molar-refractivity contribution < 1.29 is 19.1 Å². The highest BCUT2D eigenvalue weighted by molar-refractivity contribution is 6.10. The van der Waals surface area contributed by atoms with E-state index in [4.69, 9.17) is 0 Å². The first-order valence-corrected chi connectivity index (χ1v) is 8.50. The Bertz CT molecular complexity index is 1180. The summed E-state index contributed by atoms with van der Waals surface area (Å²) in [5.74, 6) is -1.84. The van der Waals surface area contributed by atoms with Crippen molar-refractivity contribution in [3.63, 3.8) is 0 Å². The number of aromatic nitrogens is 2. The Hall–Kier alpha value is -4.08. The number of methoxy groups -OCH3 is 1. The molecule has 3 N–H and O–H groups in total. The summed E-state index contributed by atoms with van der Waals surface area (Å²) in [4.78, 5) is 52.8. The number of amides is 1. The van der Waals surface area contributed by atoms with Crippen LogP contribution in [0.25, 0.3) is 11.0 Å². The normalized spacial score (nSPS) is 12.1. The highest BCUT2D eigenvalue weighted by atomic mass is 16.5. The number of hydrogen-bond acceptors (Lipinski definition) is 7. The monoisotopic (exact) mass is 395 g/mol. The van der Waals surface area contributed by atoms with Gasteiger partial charge in [-0.2, -0.15) is 10.2 Å². The number of rotatable bonds is 6. The predicted octanol–water partition coefficient (Wildman–Crippen LogP) is 2.32. The van der Waals surface area contributed by atoms with Crippen LogP contribution in [0.5, 0.6) is 0 Å². The zero-order valence-electron chi connectivity index (χ0n) is 15.6. The zero-order valence-corrected chi connectivity index (χ0v) is 15.6. The van der Waals surface area contributed by atoms with Gasteiger partial charge in [0.05, 0.1) is 29.4 Å². The van der Waals surface area contributed by atoms with Gasteiger partial charge < -0.3 is 20.0 Å². The number of imidazole rings is 1. The van der Waals surface area contributed by atoms with Gasteiger partial charge in [0.25, 0.3) is 5.91 Å². The maximum Gasteiger partial charge on any atom is 0.340 e. The summed E-state index contributed by atoms with van der Waals surface area (Å²) in [6.45, 7) is 1.21. The number of ketones is 1. The number of benzene rings is 2. The highest BCUT2D eigenvalue weighted by Gasteiger charge is 2.24. The average Bonchev–Trinajstić information content (AvgIpc) is 3.06. The molecule has 0 aliphatic rings. The molecule has 1 unspecified atom stereocenters. The first kappa shape index (κ1) is 19.7. The van der Waals surface area contributed by atoms with Crippen molar-refractivity contribution in [2.45, 2.75) is 13.0 Å². The number of ether oxygens (including phenoxy) is 1. The number of nitrogens with one attached hydrogen (secondary N) is 3. The van der Waals surface area contributed by atoms with Crippen LogP contribution in [0.1, 0.15) is 17.3 Å². The van der Waals surface area contributed by atoms with Crippen molar-refractivity contribution in [3.05, 3.63) is 58.5 Å². The van der Waals surface area contributed by atoms with E-state index in [1.165, 1.54) is 26.2 Å². The molecular weight excluding hydrogens is 378 g/mol. The van der Waals surface area contributed by atoms with Crippen molar-refractivity contribution >= 4 is 40.1 Å². The number of aromatic amines is 2. The van der Waals surface area contributed by atoms with Gasteiger partial charge in [-0.25, -0.2) is 9.59 Å². The number of Topliss-reactive ketones (excluding diaryl/α,β-unsaturated/α-hetero) is 1. The first-order valence-electron chi connectivity index (χ1n) is 8.50. The van der Waals surface area contributed by atoms with Gasteiger partial charge in [-0.15, -0.1) is 0 Å². The van der Waals surface area contributed by atoms with Gasteiger partial charge in [0.1, 0.15) is 0 Å². The second-order valence-corrected chi connectivity index (χ2v) is 6.07. The van der Waals surface area contributed by atoms with Crippen LogP contribution in [0.4, 0.5) is 11.4 Å². The number of fused-ring (bicyclic) bond motifs is 1. The second-order valence-electron chi connectivity index (χ2n) is 6.07. The van der Waals surface area contributed by atoms with Crippen molar-refractivity contribution in [3.8, 4) is 0 Å². The number of esters is 1. The average molecular weight is 395 g/mol. The molecule has 0 saturated carbocycles. The molecule has 1 aromatic heterocycles. The fourth-order valence-corrected chi connectivity index (χ4v) is 2.60. The molecule has 1 amide bonds. The van der Waals surface area contributed by atoms with Crippen LogP contribution in [0.2, 0.25) is 0 Å². The fraction of sp³-hybridized carbons (Fsp3) is 0.158. The molecule has 0 radical (unpaired) electrons. The maximum absolute atomic E-state index is 12.5. The third kappa shape index (κ3) is 4.43. The number of carbonyl (C=O) groups is 3. The van der Waals surface area contributed by atoms with Crippen molar-refractivity contribution in [1.29, 1.82) is 0 Å². The van der Waals surface area contributed by atoms with Crippen LogP contribution >= 0.6 is 0 Å². The van der Waals surface area contributed by atoms with Gasteiger partial charge in [-0.3, -0.25) is 9.59 Å². The Morgan fingerprint density at radius 1 is 1.07 bits per heavy atom. The molecule has 0 bridgehead atoms. The van der Waals surface area contributed by atoms with Crippen LogP contribution in [0.3, 0.4) is 0 Å². The van der Waals surface area contributed by atoms with Gasteiger partial charge >= 0.3 is 11.7 Å². The molecule has 10 heteroatoms. The summed E-state index contributed by atoms with van der Waals surface area (Å²) in [5.41, 5.74) is 1.40. The smallest absolute Gasteiger partial charge is 0.340 e. The minimum absolute atomic E-state index is 0.156. The summed E-state index contributed by atoms with van der Waals surface area (Å²) in [6, 6.07) is 9.59. The topological polar surface area (TPSA) is 146 Å². The van der Waals surface area contributed by atoms with E-state index in [9.17, 15) is 19.2 Å². The van der Waals surface area contributed by atoms with Crippen molar-refractivity contribution in [1.82, 2.24) is 9.97 Å². The van der Waals surface area contributed by atoms with E-state index in [-0.39, 0.29) is 16.9 Å². The lowest BCUT2D eigenvalue weighted by Crippen LogP contribution is -2.31. The van der Waals surface area contributed by atoms with E-state index in [0.717, 1.165) is 0 Å². The molecule has 148 valence electrons. The van der Waals surface area contributed by atoms with E-state index in [1.807, 2.05) is 0 Å². The Morgan fingerprint density at radius 3 is 2.52 bits per heavy atom. The Balaban J connectivity index is 1.83. The number of carbonyl (C=O) groups excluding carboxylic acids is 3. The largest absolute Gasteiger partial charge is 0.465 e. The van der Waals surface area contributed by atoms with E-state index < -0.39 is 23.7 Å². The lowest BCUT2D eigenvalue weighted by Gasteiger charge is -2.10. The van der Waals surface area contributed by atoms with Crippen LogP contribution in [-0.4, -0.2) is 40.8 Å². The quantitative estimate of drug-likeness (QED) is 0.333. The number of anilines is 1. The molecule has 0 saturated heterocycles. The van der Waals surface area contributed by atoms with E-state index in [1.54, 1.807) is 30.3 Å². The van der Waals surface area contributed by atoms with Gasteiger partial charge in [-0.05, 0) is 37.3 Å². The van der Waals surface area contributed by atoms with Crippen molar-refractivity contribution in [2.24, 2.45) is 10.2 Å². The van der Waals surface area contributed by atoms with Crippen molar-refractivity contribution in [2.75, 3.05) is 12.4 Å². The van der Waals surface area contributed by atoms with Gasteiger partial charge in [0.2, 0.25) is 6.04 Å². The molecular formula is C19H17N5O5. The van der Waals surface area contributed by atoms with E-state index in [2.05, 4.69) is 30.3 Å². The van der Waals surface area contributed by atoms with Gasteiger partial charge in [0.15, 0.2) is 5.78 Å². The molecule has 1 heterocycles. The minimum Gasteiger partial charge on any atom is -0.465 e. The van der Waals surface area contributed by atoms with Crippen LogP contribution in [-0.2, 0) is 14.3 Å². The number of H-pyrrole nitrogens is 2. The lowest BCUT2D eigenvalue weighted by molar-refractivity contribution is -0.126. The number of nitrogens with zero attached hydrogens (tertiary/aromatic N) is 2. The number of azo groups is 1. The van der Waals surface area contributed by atoms with Crippen LogP contribution in [0, 0.1) is 0 Å². The molecule has 1 atom stereocenters. The van der Waals surface area contributed by atoms with Crippen LogP contribution < -0.4 is 11.0 Å². The molecule has 0 fully saturated rings. The SMILES string of the molecule is COC(=O)c1ccccc1/N=N/C(C(C)=O)C(=O)Nc1ccc2[nH]c(=O)[nH]c2c1. The van der Waals surface area contributed by atoms with Gasteiger partial charge in [0, 0.05) is 5.69 Å². The third-order valence-corrected chi connectivity index (χ3v) is 4.01. The minimum atomic E-state index is -1.42. The molecule has 0 aliphatic carbocycles. The van der Waals surface area contributed by atoms with E-state index in [0.29, 0.717) is 16.7 Å².